The molecule has 61 heavy (non-hydrogen) atoms. The summed E-state index contributed by atoms with van der Waals surface area (Å²) in [7, 11) is 0. The number of nitrogens with two attached hydrogens (primary N) is 2. The molecule has 0 amide bonds. The molecule has 0 saturated heterocycles. The van der Waals surface area contributed by atoms with Gasteiger partial charge in [-0.05, 0) is 133 Å². The van der Waals surface area contributed by atoms with E-state index in [1.54, 1.807) is 22.3 Å². The molecule has 0 atom stereocenters. The maximum atomic E-state index is 5.95. The smallest absolute Gasteiger partial charge is 0.0314 e. The number of rotatable bonds is 36. The van der Waals surface area contributed by atoms with Gasteiger partial charge in [-0.3, -0.25) is 0 Å². The highest BCUT2D eigenvalue weighted by molar-refractivity contribution is 5.43. The molecular weight excluding hydrogens is 737 g/mol. The third-order valence-corrected chi connectivity index (χ3v) is 13.3. The molecule has 4 aromatic rings. The molecule has 0 bridgehead atoms. The first-order valence-electron chi connectivity index (χ1n) is 25.9. The molecule has 0 saturated carbocycles. The molecule has 0 fully saturated rings. The van der Waals surface area contributed by atoms with Crippen molar-refractivity contribution in [2.75, 3.05) is 11.5 Å². The van der Waals surface area contributed by atoms with Gasteiger partial charge in [-0.1, -0.05) is 222 Å². The summed E-state index contributed by atoms with van der Waals surface area (Å²) in [6, 6.07) is 31.7. The van der Waals surface area contributed by atoms with E-state index >= 15 is 0 Å². The zero-order chi connectivity index (χ0) is 43.0. The van der Waals surface area contributed by atoms with E-state index in [1.807, 2.05) is 24.3 Å². The Labute approximate surface area is 376 Å². The lowest BCUT2D eigenvalue weighted by atomic mass is 9.92. The van der Waals surface area contributed by atoms with Crippen LogP contribution in [0.2, 0.25) is 0 Å². The van der Waals surface area contributed by atoms with Gasteiger partial charge in [-0.2, -0.15) is 0 Å². The van der Waals surface area contributed by atoms with Crippen LogP contribution in [-0.4, -0.2) is 0 Å². The fourth-order valence-corrected chi connectivity index (χ4v) is 9.34. The summed E-state index contributed by atoms with van der Waals surface area (Å²) in [5.41, 5.74) is 25.6. The number of unbranched alkanes of at least 4 members (excludes halogenated alkanes) is 24. The highest BCUT2D eigenvalue weighted by Gasteiger charge is 2.09. The maximum absolute atomic E-state index is 5.95. The summed E-state index contributed by atoms with van der Waals surface area (Å²) in [5.74, 6) is 0. The van der Waals surface area contributed by atoms with Crippen LogP contribution in [0.4, 0.5) is 11.4 Å². The molecule has 0 unspecified atom stereocenters. The summed E-state index contributed by atoms with van der Waals surface area (Å²) in [6.45, 7) is 4.61. The van der Waals surface area contributed by atoms with E-state index in [9.17, 15) is 0 Å². The van der Waals surface area contributed by atoms with E-state index < -0.39 is 0 Å². The molecule has 0 aromatic heterocycles. The minimum atomic E-state index is 0.849. The Morgan fingerprint density at radius 3 is 0.836 bits per heavy atom. The zero-order valence-electron chi connectivity index (χ0n) is 39.6. The molecule has 0 heterocycles. The van der Waals surface area contributed by atoms with Crippen LogP contribution in [0.1, 0.15) is 232 Å². The van der Waals surface area contributed by atoms with Gasteiger partial charge in [0, 0.05) is 11.4 Å². The minimum absolute atomic E-state index is 0.849. The minimum Gasteiger partial charge on any atom is -0.399 e. The number of hydrogen-bond acceptors (Lipinski definition) is 2. The molecule has 0 aliphatic carbocycles. The number of aryl methyl sites for hydroxylation is 4. The molecule has 336 valence electrons. The quantitative estimate of drug-likeness (QED) is 0.0354. The van der Waals surface area contributed by atoms with E-state index in [4.69, 9.17) is 11.5 Å². The van der Waals surface area contributed by atoms with Gasteiger partial charge in [-0.25, -0.2) is 0 Å². The number of benzene rings is 4. The summed E-state index contributed by atoms with van der Waals surface area (Å²) in [4.78, 5) is 0. The number of nitrogen functional groups attached to an aromatic ring is 2. The molecule has 2 nitrogen and oxygen atoms in total. The van der Waals surface area contributed by atoms with Crippen molar-refractivity contribution in [1.82, 2.24) is 0 Å². The molecule has 0 radical (unpaired) electrons. The van der Waals surface area contributed by atoms with Crippen molar-refractivity contribution >= 4 is 11.4 Å². The average molecular weight is 827 g/mol. The van der Waals surface area contributed by atoms with E-state index in [0.29, 0.717) is 0 Å². The summed E-state index contributed by atoms with van der Waals surface area (Å²) >= 11 is 0. The molecule has 4 aromatic carbocycles. The first-order valence-corrected chi connectivity index (χ1v) is 25.9. The van der Waals surface area contributed by atoms with E-state index in [2.05, 4.69) is 74.5 Å². The third-order valence-electron chi connectivity index (χ3n) is 13.3. The van der Waals surface area contributed by atoms with Crippen molar-refractivity contribution in [1.29, 1.82) is 0 Å². The standard InChI is InChI=1S/C59H90N2/c1-3-5-7-22-28-32-54-46-50(34-40-56(54)48-52-36-42-58(60)43-37-52)30-26-24-20-18-16-14-12-10-9-11-13-15-17-19-21-25-27-31-51-35-41-57(49-53-38-44-59(61)45-39-53)55(47-51)33-29-23-8-6-4-2/h34-47H,3-33,48-49,60-61H2,1-2H3. The van der Waals surface area contributed by atoms with Crippen LogP contribution in [0.3, 0.4) is 0 Å². The lowest BCUT2D eigenvalue weighted by Crippen LogP contribution is -1.99. The zero-order valence-corrected chi connectivity index (χ0v) is 39.6. The van der Waals surface area contributed by atoms with Gasteiger partial charge in [0.2, 0.25) is 0 Å². The van der Waals surface area contributed by atoms with Crippen LogP contribution in [0.25, 0.3) is 0 Å². The van der Waals surface area contributed by atoms with Crippen LogP contribution >= 0.6 is 0 Å². The first kappa shape index (κ1) is 50.1. The third kappa shape index (κ3) is 22.4. The predicted octanol–water partition coefficient (Wildman–Crippen LogP) is 17.5. The normalized spacial score (nSPS) is 11.4. The fourth-order valence-electron chi connectivity index (χ4n) is 9.34. The van der Waals surface area contributed by atoms with Crippen LogP contribution in [-0.2, 0) is 38.5 Å². The van der Waals surface area contributed by atoms with Crippen molar-refractivity contribution in [3.05, 3.63) is 129 Å². The predicted molar refractivity (Wildman–Crippen MR) is 271 cm³/mol. The highest BCUT2D eigenvalue weighted by atomic mass is 14.5. The van der Waals surface area contributed by atoms with Gasteiger partial charge in [0.25, 0.3) is 0 Å². The summed E-state index contributed by atoms with van der Waals surface area (Å²) in [6.07, 6.45) is 44.3. The van der Waals surface area contributed by atoms with E-state index in [0.717, 1.165) is 24.2 Å². The second kappa shape index (κ2) is 32.2. The lowest BCUT2D eigenvalue weighted by molar-refractivity contribution is 0.525. The molecule has 0 spiro atoms. The molecule has 4 N–H and O–H groups in total. The van der Waals surface area contributed by atoms with E-state index in [-0.39, 0.29) is 0 Å². The van der Waals surface area contributed by atoms with Crippen molar-refractivity contribution in [2.45, 2.75) is 226 Å². The number of anilines is 2. The Bertz CT molecular complexity index is 1540. The largest absolute Gasteiger partial charge is 0.399 e. The maximum Gasteiger partial charge on any atom is 0.0314 e. The van der Waals surface area contributed by atoms with E-state index in [1.165, 1.54) is 221 Å². The highest BCUT2D eigenvalue weighted by Crippen LogP contribution is 2.24. The summed E-state index contributed by atoms with van der Waals surface area (Å²) < 4.78 is 0. The van der Waals surface area contributed by atoms with Crippen LogP contribution in [0.15, 0.2) is 84.9 Å². The second-order valence-corrected chi connectivity index (χ2v) is 18.9. The van der Waals surface area contributed by atoms with Crippen molar-refractivity contribution in [2.24, 2.45) is 0 Å². The topological polar surface area (TPSA) is 52.0 Å². The van der Waals surface area contributed by atoms with Crippen molar-refractivity contribution in [3.8, 4) is 0 Å². The Morgan fingerprint density at radius 1 is 0.262 bits per heavy atom. The Hall–Kier alpha value is -3.52. The van der Waals surface area contributed by atoms with Crippen LogP contribution < -0.4 is 11.5 Å². The lowest BCUT2D eigenvalue weighted by Gasteiger charge is -2.13. The second-order valence-electron chi connectivity index (χ2n) is 18.9. The first-order chi connectivity index (χ1) is 30.0. The van der Waals surface area contributed by atoms with Crippen molar-refractivity contribution in [3.63, 3.8) is 0 Å². The average Bonchev–Trinajstić information content (AvgIpc) is 3.27. The molecule has 2 heteroatoms. The van der Waals surface area contributed by atoms with Gasteiger partial charge in [0.15, 0.2) is 0 Å². The van der Waals surface area contributed by atoms with Crippen LogP contribution in [0, 0.1) is 0 Å². The van der Waals surface area contributed by atoms with Gasteiger partial charge >= 0.3 is 0 Å². The number of hydrogen-bond donors (Lipinski definition) is 2. The van der Waals surface area contributed by atoms with Gasteiger partial charge in [-0.15, -0.1) is 0 Å². The Morgan fingerprint density at radius 2 is 0.525 bits per heavy atom. The van der Waals surface area contributed by atoms with Gasteiger partial charge in [0.05, 0.1) is 0 Å². The monoisotopic (exact) mass is 827 g/mol. The van der Waals surface area contributed by atoms with Gasteiger partial charge in [0.1, 0.15) is 0 Å². The van der Waals surface area contributed by atoms with Crippen LogP contribution in [0.5, 0.6) is 0 Å². The SMILES string of the molecule is CCCCCCCc1cc(CCCCCCCCCCCCCCCCCCCc2ccc(Cc3ccc(N)cc3)c(CCCCCCC)c2)ccc1Cc1ccc(N)cc1. The molecule has 4 rings (SSSR count). The summed E-state index contributed by atoms with van der Waals surface area (Å²) in [5, 5.41) is 0. The van der Waals surface area contributed by atoms with Crippen molar-refractivity contribution < 1.29 is 0 Å². The molecule has 0 aliphatic heterocycles. The fraction of sp³-hybridized carbons (Fsp3) is 0.593. The molecular formula is C59H90N2. The van der Waals surface area contributed by atoms with Gasteiger partial charge < -0.3 is 11.5 Å². The Kier molecular flexibility index (Phi) is 26.5. The Balaban J connectivity index is 0.974. The molecule has 0 aliphatic rings.